The summed E-state index contributed by atoms with van der Waals surface area (Å²) in [6, 6.07) is 11.4. The minimum absolute atomic E-state index is 0.333. The van der Waals surface area contributed by atoms with Gasteiger partial charge in [-0.2, -0.15) is 0 Å². The van der Waals surface area contributed by atoms with Crippen LogP contribution in [0.2, 0.25) is 0 Å². The number of aliphatic hydroxyl groups excluding tert-OH is 1. The van der Waals surface area contributed by atoms with Crippen molar-refractivity contribution in [2.45, 2.75) is 19.4 Å². The van der Waals surface area contributed by atoms with Crippen molar-refractivity contribution in [2.24, 2.45) is 0 Å². The standard InChI is InChI=1S/C14H18N4O/c1-10(19)7-8-16-13-9-12(15)17-14(18-13)11-5-3-2-4-6-11/h2-6,9-10,19H,7-8H2,1H3,(H3,15,16,17,18). The van der Waals surface area contributed by atoms with Crippen molar-refractivity contribution in [1.29, 1.82) is 0 Å². The topological polar surface area (TPSA) is 84.1 Å². The summed E-state index contributed by atoms with van der Waals surface area (Å²) in [7, 11) is 0. The highest BCUT2D eigenvalue weighted by Crippen LogP contribution is 2.18. The van der Waals surface area contributed by atoms with E-state index in [0.717, 1.165) is 5.56 Å². The molecule has 4 N–H and O–H groups in total. The van der Waals surface area contributed by atoms with E-state index in [1.165, 1.54) is 0 Å². The van der Waals surface area contributed by atoms with Crippen molar-refractivity contribution in [2.75, 3.05) is 17.6 Å². The molecular formula is C14H18N4O. The molecule has 0 amide bonds. The van der Waals surface area contributed by atoms with Crippen LogP contribution in [-0.4, -0.2) is 27.7 Å². The van der Waals surface area contributed by atoms with E-state index in [9.17, 15) is 5.11 Å². The van der Waals surface area contributed by atoms with Crippen molar-refractivity contribution in [3.8, 4) is 11.4 Å². The Morgan fingerprint density at radius 3 is 2.68 bits per heavy atom. The number of benzene rings is 1. The SMILES string of the molecule is CC(O)CCNc1cc(N)nc(-c2ccccc2)n1. The summed E-state index contributed by atoms with van der Waals surface area (Å²) < 4.78 is 0. The summed E-state index contributed by atoms with van der Waals surface area (Å²) in [6.45, 7) is 2.40. The van der Waals surface area contributed by atoms with Crippen LogP contribution in [-0.2, 0) is 0 Å². The second-order valence-corrected chi connectivity index (χ2v) is 4.43. The van der Waals surface area contributed by atoms with Gasteiger partial charge in [-0.1, -0.05) is 30.3 Å². The molecule has 0 fully saturated rings. The van der Waals surface area contributed by atoms with Gasteiger partial charge in [-0.05, 0) is 13.3 Å². The molecule has 1 aromatic heterocycles. The fraction of sp³-hybridized carbons (Fsp3) is 0.286. The molecule has 1 heterocycles. The summed E-state index contributed by atoms with van der Waals surface area (Å²) in [4.78, 5) is 8.64. The minimum atomic E-state index is -0.333. The lowest BCUT2D eigenvalue weighted by molar-refractivity contribution is 0.188. The van der Waals surface area contributed by atoms with Gasteiger partial charge in [0.25, 0.3) is 0 Å². The van der Waals surface area contributed by atoms with Gasteiger partial charge in [-0.3, -0.25) is 0 Å². The molecule has 0 aliphatic heterocycles. The molecular weight excluding hydrogens is 240 g/mol. The Hall–Kier alpha value is -2.14. The zero-order valence-electron chi connectivity index (χ0n) is 10.9. The third kappa shape index (κ3) is 3.93. The van der Waals surface area contributed by atoms with Crippen LogP contribution in [0.15, 0.2) is 36.4 Å². The van der Waals surface area contributed by atoms with E-state index in [1.807, 2.05) is 30.3 Å². The fourth-order valence-corrected chi connectivity index (χ4v) is 1.68. The predicted octanol–water partition coefficient (Wildman–Crippen LogP) is 1.91. The predicted molar refractivity (Wildman–Crippen MR) is 76.7 cm³/mol. The van der Waals surface area contributed by atoms with Crippen LogP contribution in [0.25, 0.3) is 11.4 Å². The van der Waals surface area contributed by atoms with Gasteiger partial charge >= 0.3 is 0 Å². The molecule has 5 heteroatoms. The van der Waals surface area contributed by atoms with Gasteiger partial charge in [0.05, 0.1) is 6.10 Å². The molecule has 0 saturated heterocycles. The third-order valence-electron chi connectivity index (χ3n) is 2.65. The number of hydrogen-bond acceptors (Lipinski definition) is 5. The molecule has 100 valence electrons. The quantitative estimate of drug-likeness (QED) is 0.763. The Bertz CT molecular complexity index is 528. The zero-order chi connectivity index (χ0) is 13.7. The Kier molecular flexibility index (Phi) is 4.30. The van der Waals surface area contributed by atoms with Crippen molar-refractivity contribution in [3.05, 3.63) is 36.4 Å². The van der Waals surface area contributed by atoms with Gasteiger partial charge in [0.1, 0.15) is 11.6 Å². The lowest BCUT2D eigenvalue weighted by Gasteiger charge is -2.09. The minimum Gasteiger partial charge on any atom is -0.393 e. The maximum atomic E-state index is 9.22. The maximum Gasteiger partial charge on any atom is 0.163 e. The second-order valence-electron chi connectivity index (χ2n) is 4.43. The number of anilines is 2. The van der Waals surface area contributed by atoms with Gasteiger partial charge in [0, 0.05) is 18.2 Å². The van der Waals surface area contributed by atoms with Crippen molar-refractivity contribution < 1.29 is 5.11 Å². The van der Waals surface area contributed by atoms with E-state index in [-0.39, 0.29) is 6.10 Å². The molecule has 1 aromatic carbocycles. The van der Waals surface area contributed by atoms with Crippen molar-refractivity contribution in [3.63, 3.8) is 0 Å². The van der Waals surface area contributed by atoms with Gasteiger partial charge in [0.2, 0.25) is 0 Å². The normalized spacial score (nSPS) is 12.1. The first-order valence-corrected chi connectivity index (χ1v) is 6.27. The molecule has 0 radical (unpaired) electrons. The number of aliphatic hydroxyl groups is 1. The van der Waals surface area contributed by atoms with Crippen molar-refractivity contribution >= 4 is 11.6 Å². The number of nitrogen functional groups attached to an aromatic ring is 1. The number of nitrogens with two attached hydrogens (primary N) is 1. The van der Waals surface area contributed by atoms with Crippen LogP contribution < -0.4 is 11.1 Å². The Morgan fingerprint density at radius 2 is 2.00 bits per heavy atom. The molecule has 1 unspecified atom stereocenters. The molecule has 0 saturated carbocycles. The van der Waals surface area contributed by atoms with E-state index < -0.39 is 0 Å². The lowest BCUT2D eigenvalue weighted by atomic mass is 10.2. The molecule has 0 aliphatic rings. The fourth-order valence-electron chi connectivity index (χ4n) is 1.68. The smallest absolute Gasteiger partial charge is 0.163 e. The molecule has 0 bridgehead atoms. The monoisotopic (exact) mass is 258 g/mol. The first-order valence-electron chi connectivity index (χ1n) is 6.27. The Balaban J connectivity index is 2.16. The number of aromatic nitrogens is 2. The summed E-state index contributed by atoms with van der Waals surface area (Å²) in [6.07, 6.45) is 0.324. The highest BCUT2D eigenvalue weighted by molar-refractivity contribution is 5.60. The molecule has 0 spiro atoms. The number of nitrogens with one attached hydrogen (secondary N) is 1. The number of hydrogen-bond donors (Lipinski definition) is 3. The highest BCUT2D eigenvalue weighted by atomic mass is 16.3. The van der Waals surface area contributed by atoms with Crippen molar-refractivity contribution in [1.82, 2.24) is 9.97 Å². The molecule has 2 rings (SSSR count). The molecule has 0 aliphatic carbocycles. The van der Waals surface area contributed by atoms with Crippen LogP contribution in [0.4, 0.5) is 11.6 Å². The van der Waals surface area contributed by atoms with Gasteiger partial charge in [0.15, 0.2) is 5.82 Å². The maximum absolute atomic E-state index is 9.22. The van der Waals surface area contributed by atoms with Crippen LogP contribution in [0.3, 0.4) is 0 Å². The lowest BCUT2D eigenvalue weighted by Crippen LogP contribution is -2.11. The van der Waals surface area contributed by atoms with E-state index >= 15 is 0 Å². The van der Waals surface area contributed by atoms with E-state index in [2.05, 4.69) is 15.3 Å². The van der Waals surface area contributed by atoms with E-state index in [0.29, 0.717) is 30.4 Å². The van der Waals surface area contributed by atoms with E-state index in [4.69, 9.17) is 5.73 Å². The summed E-state index contributed by atoms with van der Waals surface area (Å²) >= 11 is 0. The third-order valence-corrected chi connectivity index (χ3v) is 2.65. The zero-order valence-corrected chi connectivity index (χ0v) is 10.9. The molecule has 19 heavy (non-hydrogen) atoms. The molecule has 5 nitrogen and oxygen atoms in total. The van der Waals surface area contributed by atoms with Crippen LogP contribution in [0.5, 0.6) is 0 Å². The van der Waals surface area contributed by atoms with Crippen LogP contribution in [0.1, 0.15) is 13.3 Å². The number of nitrogens with zero attached hydrogens (tertiary/aromatic N) is 2. The van der Waals surface area contributed by atoms with Gasteiger partial charge in [-0.25, -0.2) is 9.97 Å². The Morgan fingerprint density at radius 1 is 1.26 bits per heavy atom. The van der Waals surface area contributed by atoms with E-state index in [1.54, 1.807) is 13.0 Å². The average Bonchev–Trinajstić information content (AvgIpc) is 2.39. The van der Waals surface area contributed by atoms with Gasteiger partial charge < -0.3 is 16.2 Å². The first kappa shape index (κ1) is 13.3. The molecule has 1 atom stereocenters. The average molecular weight is 258 g/mol. The largest absolute Gasteiger partial charge is 0.393 e. The molecule has 2 aromatic rings. The summed E-state index contributed by atoms with van der Waals surface area (Å²) in [5, 5.41) is 12.4. The Labute approximate surface area is 112 Å². The van der Waals surface area contributed by atoms with Crippen LogP contribution >= 0.6 is 0 Å². The summed E-state index contributed by atoms with van der Waals surface area (Å²) in [5.41, 5.74) is 6.71. The second kappa shape index (κ2) is 6.15. The van der Waals surface area contributed by atoms with Crippen LogP contribution in [0, 0.1) is 0 Å². The highest BCUT2D eigenvalue weighted by Gasteiger charge is 2.05. The number of rotatable bonds is 5. The summed E-state index contributed by atoms with van der Waals surface area (Å²) in [5.74, 6) is 1.69. The first-order chi connectivity index (χ1) is 9.15. The van der Waals surface area contributed by atoms with Gasteiger partial charge in [-0.15, -0.1) is 0 Å².